The van der Waals surface area contributed by atoms with Gasteiger partial charge in [0.15, 0.2) is 0 Å². The Morgan fingerprint density at radius 1 is 1.15 bits per heavy atom. The van der Waals surface area contributed by atoms with Gasteiger partial charge in [-0.15, -0.1) is 11.3 Å². The molecule has 0 N–H and O–H groups in total. The van der Waals surface area contributed by atoms with E-state index in [0.717, 1.165) is 34.5 Å². The number of piperidine rings is 1. The smallest absolute Gasteiger partial charge is 0.316 e. The molecule has 0 aliphatic carbocycles. The van der Waals surface area contributed by atoms with E-state index in [1.807, 2.05) is 25.1 Å². The molecule has 0 saturated carbocycles. The number of hydrogen-bond donors (Lipinski definition) is 0. The number of nitrogens with zero attached hydrogens (tertiary/aromatic N) is 6. The van der Waals surface area contributed by atoms with Crippen molar-refractivity contribution in [2.75, 3.05) is 13.1 Å². The molecule has 1 aliphatic heterocycles. The Labute approximate surface area is 160 Å². The van der Waals surface area contributed by atoms with E-state index in [0.29, 0.717) is 19.1 Å². The Hall–Kier alpha value is -2.81. The molecule has 0 bridgehead atoms. The van der Waals surface area contributed by atoms with E-state index >= 15 is 0 Å². The molecule has 4 rings (SSSR count). The molecule has 9 heteroatoms. The van der Waals surface area contributed by atoms with E-state index in [4.69, 9.17) is 4.74 Å². The minimum absolute atomic E-state index is 0.0147. The van der Waals surface area contributed by atoms with Crippen LogP contribution in [-0.4, -0.2) is 54.7 Å². The number of carbonyl (C=O) groups is 1. The summed E-state index contributed by atoms with van der Waals surface area (Å²) < 4.78 is 7.64. The monoisotopic (exact) mass is 384 g/mol. The number of aromatic nitrogens is 5. The summed E-state index contributed by atoms with van der Waals surface area (Å²) in [5.41, 5.74) is 4.38. The summed E-state index contributed by atoms with van der Waals surface area (Å²) in [4.78, 5) is 27.9. The minimum atomic E-state index is 0.0147. The lowest BCUT2D eigenvalue weighted by atomic mass is 10.1. The molecule has 1 saturated heterocycles. The molecular weight excluding hydrogens is 364 g/mol. The molecular formula is C18H20N6O2S. The van der Waals surface area contributed by atoms with Crippen molar-refractivity contribution >= 4 is 17.2 Å². The van der Waals surface area contributed by atoms with Crippen molar-refractivity contribution in [2.45, 2.75) is 25.9 Å². The van der Waals surface area contributed by atoms with E-state index in [2.05, 4.69) is 20.1 Å². The van der Waals surface area contributed by atoms with Gasteiger partial charge in [0.25, 0.3) is 5.91 Å². The van der Waals surface area contributed by atoms with Crippen LogP contribution in [0, 0.1) is 6.92 Å². The topological polar surface area (TPSA) is 86.0 Å². The predicted octanol–water partition coefficient (Wildman–Crippen LogP) is 2.33. The third-order valence-electron chi connectivity index (χ3n) is 4.61. The van der Waals surface area contributed by atoms with Crippen molar-refractivity contribution in [2.24, 2.45) is 7.05 Å². The number of hydrogen-bond acceptors (Lipinski definition) is 7. The third-order valence-corrected chi connectivity index (χ3v) is 5.52. The van der Waals surface area contributed by atoms with Crippen LogP contribution in [0.15, 0.2) is 30.3 Å². The Bertz CT molecular complexity index is 927. The molecule has 140 valence electrons. The molecule has 27 heavy (non-hydrogen) atoms. The van der Waals surface area contributed by atoms with Crippen molar-refractivity contribution in [1.82, 2.24) is 29.6 Å². The summed E-state index contributed by atoms with van der Waals surface area (Å²) in [6.07, 6.45) is 8.71. The normalized spacial score (nSPS) is 15.1. The van der Waals surface area contributed by atoms with Crippen molar-refractivity contribution < 1.29 is 9.53 Å². The van der Waals surface area contributed by atoms with Gasteiger partial charge in [0.2, 0.25) is 0 Å². The van der Waals surface area contributed by atoms with Crippen molar-refractivity contribution in [3.8, 4) is 17.1 Å². The zero-order chi connectivity index (χ0) is 18.8. The van der Waals surface area contributed by atoms with Crippen LogP contribution in [-0.2, 0) is 7.05 Å². The van der Waals surface area contributed by atoms with Gasteiger partial charge in [0.1, 0.15) is 11.0 Å². The highest BCUT2D eigenvalue weighted by atomic mass is 32.1. The van der Waals surface area contributed by atoms with Gasteiger partial charge >= 0.3 is 6.01 Å². The van der Waals surface area contributed by atoms with Gasteiger partial charge in [-0.25, -0.2) is 15.0 Å². The first-order valence-corrected chi connectivity index (χ1v) is 9.65. The van der Waals surface area contributed by atoms with Crippen LogP contribution in [0.3, 0.4) is 0 Å². The van der Waals surface area contributed by atoms with Crippen LogP contribution in [0.2, 0.25) is 0 Å². The molecule has 0 aromatic carbocycles. The number of aryl methyl sites for hydroxylation is 2. The van der Waals surface area contributed by atoms with Gasteiger partial charge in [0, 0.05) is 62.7 Å². The fraction of sp³-hybridized carbons (Fsp3) is 0.389. The van der Waals surface area contributed by atoms with Gasteiger partial charge in [-0.05, 0) is 6.92 Å². The summed E-state index contributed by atoms with van der Waals surface area (Å²) in [6.45, 7) is 3.19. The summed E-state index contributed by atoms with van der Waals surface area (Å²) >= 11 is 1.40. The molecule has 0 unspecified atom stereocenters. The number of amides is 1. The fourth-order valence-electron chi connectivity index (χ4n) is 3.07. The van der Waals surface area contributed by atoms with Gasteiger partial charge in [-0.1, -0.05) is 0 Å². The van der Waals surface area contributed by atoms with Crippen LogP contribution in [0.1, 0.15) is 28.2 Å². The Morgan fingerprint density at radius 3 is 2.48 bits per heavy atom. The molecule has 8 nitrogen and oxygen atoms in total. The van der Waals surface area contributed by atoms with Crippen molar-refractivity contribution in [3.63, 3.8) is 0 Å². The predicted molar refractivity (Wildman–Crippen MR) is 101 cm³/mol. The van der Waals surface area contributed by atoms with Gasteiger partial charge in [0.05, 0.1) is 17.4 Å². The molecule has 1 amide bonds. The fourth-order valence-corrected chi connectivity index (χ4v) is 3.84. The second-order valence-electron chi connectivity index (χ2n) is 6.53. The molecule has 3 aromatic rings. The van der Waals surface area contributed by atoms with Crippen molar-refractivity contribution in [1.29, 1.82) is 0 Å². The number of carbonyl (C=O) groups excluding carboxylic acids is 1. The van der Waals surface area contributed by atoms with E-state index in [1.54, 1.807) is 28.8 Å². The first kappa shape index (κ1) is 17.6. The first-order chi connectivity index (χ1) is 13.1. The zero-order valence-electron chi connectivity index (χ0n) is 15.2. The molecule has 4 heterocycles. The highest BCUT2D eigenvalue weighted by molar-refractivity contribution is 7.11. The first-order valence-electron chi connectivity index (χ1n) is 8.77. The van der Waals surface area contributed by atoms with Crippen molar-refractivity contribution in [3.05, 3.63) is 40.9 Å². The number of rotatable bonds is 4. The van der Waals surface area contributed by atoms with Gasteiger partial charge in [-0.2, -0.15) is 5.10 Å². The van der Waals surface area contributed by atoms with Crippen LogP contribution >= 0.6 is 11.3 Å². The lowest BCUT2D eigenvalue weighted by Gasteiger charge is -2.31. The third kappa shape index (κ3) is 3.82. The standard InChI is InChI=1S/C18H20N6O2S/c1-12-16(27-11-21-12)17(25)24-5-3-15(4-6-24)26-18-19-7-13(8-20-18)14-9-22-23(2)10-14/h7-11,15H,3-6H2,1-2H3. The maximum atomic E-state index is 12.5. The van der Waals surface area contributed by atoms with Crippen LogP contribution in [0.25, 0.3) is 11.1 Å². The lowest BCUT2D eigenvalue weighted by Crippen LogP contribution is -2.41. The quantitative estimate of drug-likeness (QED) is 0.686. The van der Waals surface area contributed by atoms with Crippen LogP contribution < -0.4 is 4.74 Å². The highest BCUT2D eigenvalue weighted by Crippen LogP contribution is 2.22. The summed E-state index contributed by atoms with van der Waals surface area (Å²) in [7, 11) is 1.87. The second kappa shape index (κ2) is 7.43. The average molecular weight is 384 g/mol. The van der Waals surface area contributed by atoms with E-state index in [9.17, 15) is 4.79 Å². The molecule has 3 aromatic heterocycles. The Kier molecular flexibility index (Phi) is 4.85. The summed E-state index contributed by atoms with van der Waals surface area (Å²) in [5.74, 6) is 0.0607. The summed E-state index contributed by atoms with van der Waals surface area (Å²) in [5, 5.41) is 4.15. The Morgan fingerprint density at radius 2 is 1.89 bits per heavy atom. The number of ether oxygens (including phenoxy) is 1. The highest BCUT2D eigenvalue weighted by Gasteiger charge is 2.26. The lowest BCUT2D eigenvalue weighted by molar-refractivity contribution is 0.0582. The maximum Gasteiger partial charge on any atom is 0.316 e. The zero-order valence-corrected chi connectivity index (χ0v) is 16.0. The average Bonchev–Trinajstić information content (AvgIpc) is 3.31. The van der Waals surface area contributed by atoms with Crippen LogP contribution in [0.5, 0.6) is 6.01 Å². The number of likely N-dealkylation sites (tertiary alicyclic amines) is 1. The molecule has 0 atom stereocenters. The SMILES string of the molecule is Cc1ncsc1C(=O)N1CCC(Oc2ncc(-c3cnn(C)c3)cn2)CC1. The molecule has 0 radical (unpaired) electrons. The maximum absolute atomic E-state index is 12.5. The molecule has 1 aliphatic rings. The molecule has 0 spiro atoms. The van der Waals surface area contributed by atoms with E-state index in [-0.39, 0.29) is 12.0 Å². The minimum Gasteiger partial charge on any atom is -0.460 e. The van der Waals surface area contributed by atoms with E-state index < -0.39 is 0 Å². The second-order valence-corrected chi connectivity index (χ2v) is 7.39. The Balaban J connectivity index is 1.33. The largest absolute Gasteiger partial charge is 0.460 e. The van der Waals surface area contributed by atoms with Gasteiger partial charge in [-0.3, -0.25) is 9.48 Å². The van der Waals surface area contributed by atoms with Gasteiger partial charge < -0.3 is 9.64 Å². The molecule has 1 fully saturated rings. The number of thiazole rings is 1. The summed E-state index contributed by atoms with van der Waals surface area (Å²) in [6, 6.07) is 0.366. The van der Waals surface area contributed by atoms with Crippen LogP contribution in [0.4, 0.5) is 0 Å². The van der Waals surface area contributed by atoms with E-state index in [1.165, 1.54) is 11.3 Å².